The molecule has 0 bridgehead atoms. The highest BCUT2D eigenvalue weighted by atomic mass is 32.2. The largest absolute Gasteiger partial charge is 0.497 e. The van der Waals surface area contributed by atoms with Gasteiger partial charge in [0, 0.05) is 17.4 Å². The number of hydrogen-bond acceptors (Lipinski definition) is 7. The number of esters is 1. The summed E-state index contributed by atoms with van der Waals surface area (Å²) in [5.74, 6) is 1.83. The molecular formula is C41H39NO6S. The van der Waals surface area contributed by atoms with Crippen molar-refractivity contribution >= 4 is 23.8 Å². The lowest BCUT2D eigenvalue weighted by atomic mass is 9.98. The molecule has 0 unspecified atom stereocenters. The molecule has 8 heteroatoms. The number of nitrogens with one attached hydrogen (secondary N) is 1. The highest BCUT2D eigenvalue weighted by Crippen LogP contribution is 2.44. The van der Waals surface area contributed by atoms with E-state index >= 15 is 0 Å². The second-order valence-electron chi connectivity index (χ2n) is 11.9. The number of methoxy groups -OCH3 is 1. The molecular weight excluding hydrogens is 635 g/mol. The minimum absolute atomic E-state index is 0.0586. The van der Waals surface area contributed by atoms with Crippen molar-refractivity contribution in [1.29, 1.82) is 0 Å². The van der Waals surface area contributed by atoms with Gasteiger partial charge in [0.05, 0.1) is 7.11 Å². The van der Waals surface area contributed by atoms with Crippen molar-refractivity contribution in [3.63, 3.8) is 0 Å². The Labute approximate surface area is 291 Å². The zero-order chi connectivity index (χ0) is 34.0. The van der Waals surface area contributed by atoms with Crippen molar-refractivity contribution in [2.24, 2.45) is 0 Å². The molecule has 0 aliphatic heterocycles. The van der Waals surface area contributed by atoms with Crippen molar-refractivity contribution in [2.45, 2.75) is 37.9 Å². The summed E-state index contributed by atoms with van der Waals surface area (Å²) in [4.78, 5) is 26.5. The fraction of sp³-hybridized carbons (Fsp3) is 0.220. The highest BCUT2D eigenvalue weighted by Gasteiger charge is 2.30. The molecule has 49 heavy (non-hydrogen) atoms. The van der Waals surface area contributed by atoms with Crippen molar-refractivity contribution < 1.29 is 28.5 Å². The molecule has 1 N–H and O–H groups in total. The molecule has 0 aromatic heterocycles. The van der Waals surface area contributed by atoms with Crippen LogP contribution in [0, 0.1) is 6.92 Å². The van der Waals surface area contributed by atoms with Crippen molar-refractivity contribution in [1.82, 2.24) is 5.32 Å². The molecule has 0 saturated carbocycles. The molecule has 6 rings (SSSR count). The summed E-state index contributed by atoms with van der Waals surface area (Å²) < 4.78 is 22.6. The SMILES string of the molecule is COc1ccc(CSC[C@H](NC(=O)OCC2c3ccccc3-c3ccccc32)C(=O)OCc2ccc(OCc3ccc(C)cc3)cc2)cc1. The predicted octanol–water partition coefficient (Wildman–Crippen LogP) is 8.47. The molecule has 250 valence electrons. The first-order valence-corrected chi connectivity index (χ1v) is 17.4. The normalized spacial score (nSPS) is 12.4. The van der Waals surface area contributed by atoms with Crippen LogP contribution in [0.15, 0.2) is 121 Å². The number of fused-ring (bicyclic) bond motifs is 3. The smallest absolute Gasteiger partial charge is 0.407 e. The second-order valence-corrected chi connectivity index (χ2v) is 12.9. The zero-order valence-corrected chi connectivity index (χ0v) is 28.4. The van der Waals surface area contributed by atoms with Crippen LogP contribution in [0.3, 0.4) is 0 Å². The molecule has 5 aromatic rings. The van der Waals surface area contributed by atoms with Gasteiger partial charge in [-0.3, -0.25) is 0 Å². The number of hydrogen-bond donors (Lipinski definition) is 1. The zero-order valence-electron chi connectivity index (χ0n) is 27.6. The van der Waals surface area contributed by atoms with Crippen molar-refractivity contribution in [2.75, 3.05) is 19.5 Å². The first-order chi connectivity index (χ1) is 24.0. The van der Waals surface area contributed by atoms with E-state index in [0.717, 1.165) is 50.4 Å². The van der Waals surface area contributed by atoms with Gasteiger partial charge in [-0.2, -0.15) is 11.8 Å². The number of carbonyl (C=O) groups excluding carboxylic acids is 2. The first kappa shape index (κ1) is 33.7. The Morgan fingerprint density at radius 1 is 0.694 bits per heavy atom. The molecule has 0 spiro atoms. The summed E-state index contributed by atoms with van der Waals surface area (Å²) in [5.41, 5.74) is 8.70. The molecule has 7 nitrogen and oxygen atoms in total. The van der Waals surface area contributed by atoms with Gasteiger partial charge in [0.15, 0.2) is 0 Å². The highest BCUT2D eigenvalue weighted by molar-refractivity contribution is 7.98. The van der Waals surface area contributed by atoms with Gasteiger partial charge in [-0.1, -0.05) is 103 Å². The van der Waals surface area contributed by atoms with Crippen LogP contribution in [-0.4, -0.2) is 37.6 Å². The van der Waals surface area contributed by atoms with Crippen molar-refractivity contribution in [3.05, 3.63) is 155 Å². The fourth-order valence-electron chi connectivity index (χ4n) is 5.76. The van der Waals surface area contributed by atoms with E-state index in [1.54, 1.807) is 7.11 Å². The van der Waals surface area contributed by atoms with E-state index in [1.165, 1.54) is 17.3 Å². The molecule has 0 saturated heterocycles. The Balaban J connectivity index is 1.05. The second kappa shape index (κ2) is 16.3. The van der Waals surface area contributed by atoms with E-state index in [1.807, 2.05) is 84.9 Å². The van der Waals surface area contributed by atoms with E-state index in [9.17, 15) is 9.59 Å². The minimum atomic E-state index is -0.906. The standard InChI is InChI=1S/C41H39NO6S/c1-28-11-13-29(14-12-28)23-46-33-21-15-30(16-22-33)24-47-40(43)39(27-49-26-31-17-19-32(45-2)20-18-31)42-41(44)48-25-38-36-9-5-3-7-34(36)35-8-4-6-10-37(35)38/h3-22,38-39H,23-27H2,1-2H3,(H,42,44)/t39-/m0/s1. The van der Waals surface area contributed by atoms with Gasteiger partial charge < -0.3 is 24.3 Å². The van der Waals surface area contributed by atoms with Crippen molar-refractivity contribution in [3.8, 4) is 22.6 Å². The Hall–Kier alpha value is -5.21. The summed E-state index contributed by atoms with van der Waals surface area (Å²) in [6.45, 7) is 2.73. The van der Waals surface area contributed by atoms with Gasteiger partial charge >= 0.3 is 12.1 Å². The maximum absolute atomic E-state index is 13.4. The van der Waals surface area contributed by atoms with E-state index in [0.29, 0.717) is 18.1 Å². The van der Waals surface area contributed by atoms with Crippen LogP contribution >= 0.6 is 11.8 Å². The summed E-state index contributed by atoms with van der Waals surface area (Å²) in [6, 6.07) is 38.8. The first-order valence-electron chi connectivity index (χ1n) is 16.2. The summed E-state index contributed by atoms with van der Waals surface area (Å²) in [5, 5.41) is 2.78. The fourth-order valence-corrected chi connectivity index (χ4v) is 6.76. The van der Waals surface area contributed by atoms with Crippen LogP contribution in [0.2, 0.25) is 0 Å². The van der Waals surface area contributed by atoms with Crippen LogP contribution in [0.5, 0.6) is 11.5 Å². The number of ether oxygens (including phenoxy) is 4. The monoisotopic (exact) mass is 673 g/mol. The van der Waals surface area contributed by atoms with E-state index in [-0.39, 0.29) is 19.1 Å². The van der Waals surface area contributed by atoms with Gasteiger partial charge in [-0.25, -0.2) is 9.59 Å². The van der Waals surface area contributed by atoms with Gasteiger partial charge in [0.1, 0.15) is 37.4 Å². The average Bonchev–Trinajstić information content (AvgIpc) is 3.46. The topological polar surface area (TPSA) is 83.1 Å². The van der Waals surface area contributed by atoms with E-state index in [4.69, 9.17) is 18.9 Å². The Morgan fingerprint density at radius 3 is 1.92 bits per heavy atom. The van der Waals surface area contributed by atoms with Gasteiger partial charge in [0.25, 0.3) is 0 Å². The van der Waals surface area contributed by atoms with Gasteiger partial charge in [-0.05, 0) is 70.1 Å². The lowest BCUT2D eigenvalue weighted by molar-refractivity contribution is -0.146. The number of amides is 1. The lowest BCUT2D eigenvalue weighted by Gasteiger charge is -2.19. The summed E-state index contributed by atoms with van der Waals surface area (Å²) in [7, 11) is 1.63. The van der Waals surface area contributed by atoms with Gasteiger partial charge in [0.2, 0.25) is 0 Å². The number of rotatable bonds is 14. The molecule has 5 aromatic carbocycles. The summed E-state index contributed by atoms with van der Waals surface area (Å²) in [6.07, 6.45) is -0.663. The van der Waals surface area contributed by atoms with Gasteiger partial charge in [-0.15, -0.1) is 0 Å². The minimum Gasteiger partial charge on any atom is -0.497 e. The van der Waals surface area contributed by atoms with E-state index in [2.05, 4.69) is 48.6 Å². The van der Waals surface area contributed by atoms with Crippen LogP contribution in [0.4, 0.5) is 4.79 Å². The quantitative estimate of drug-likeness (QED) is 0.118. The third-order valence-corrected chi connectivity index (χ3v) is 9.57. The molecule has 0 heterocycles. The van der Waals surface area contributed by atoms with Crippen LogP contribution < -0.4 is 14.8 Å². The molecule has 1 atom stereocenters. The molecule has 1 aliphatic rings. The number of benzene rings is 5. The molecule has 1 amide bonds. The number of alkyl carbamates (subject to hydrolysis) is 1. The maximum Gasteiger partial charge on any atom is 0.407 e. The van der Waals surface area contributed by atoms with E-state index < -0.39 is 18.1 Å². The van der Waals surface area contributed by atoms with Crippen LogP contribution in [-0.2, 0) is 33.2 Å². The third-order valence-electron chi connectivity index (χ3n) is 8.46. The average molecular weight is 674 g/mol. The number of carbonyl (C=O) groups is 2. The van der Waals surface area contributed by atoms with Crippen LogP contribution in [0.1, 0.15) is 39.3 Å². The third kappa shape index (κ3) is 8.83. The molecule has 0 fully saturated rings. The Bertz CT molecular complexity index is 1810. The molecule has 1 aliphatic carbocycles. The lowest BCUT2D eigenvalue weighted by Crippen LogP contribution is -2.44. The predicted molar refractivity (Wildman–Crippen MR) is 193 cm³/mol. The number of thioether (sulfide) groups is 1. The molecule has 0 radical (unpaired) electrons. The maximum atomic E-state index is 13.4. The Kier molecular flexibility index (Phi) is 11.2. The summed E-state index contributed by atoms with van der Waals surface area (Å²) >= 11 is 1.52. The Morgan fingerprint density at radius 2 is 1.27 bits per heavy atom. The number of aryl methyl sites for hydroxylation is 1. The van der Waals surface area contributed by atoms with Crippen LogP contribution in [0.25, 0.3) is 11.1 Å².